The molecule has 6 heteroatoms. The predicted molar refractivity (Wildman–Crippen MR) is 56.6 cm³/mol. The first kappa shape index (κ1) is 9.60. The third-order valence-corrected chi connectivity index (χ3v) is 2.57. The van der Waals surface area contributed by atoms with Gasteiger partial charge in [0.05, 0.1) is 5.69 Å². The summed E-state index contributed by atoms with van der Waals surface area (Å²) in [6.07, 6.45) is 3.17. The Hall–Kier alpha value is -1.95. The molecule has 0 aliphatic rings. The van der Waals surface area contributed by atoms with E-state index in [1.807, 2.05) is 0 Å². The summed E-state index contributed by atoms with van der Waals surface area (Å²) in [6.45, 7) is 0. The van der Waals surface area contributed by atoms with Crippen LogP contribution in [0.1, 0.15) is 9.67 Å². The highest BCUT2D eigenvalue weighted by Crippen LogP contribution is 2.24. The molecule has 0 aliphatic carbocycles. The van der Waals surface area contributed by atoms with E-state index in [-0.39, 0.29) is 4.88 Å². The van der Waals surface area contributed by atoms with Crippen molar-refractivity contribution in [3.63, 3.8) is 0 Å². The Kier molecular flexibility index (Phi) is 2.59. The van der Waals surface area contributed by atoms with Crippen LogP contribution in [0.5, 0.6) is 0 Å². The summed E-state index contributed by atoms with van der Waals surface area (Å²) in [7, 11) is 0. The van der Waals surface area contributed by atoms with Gasteiger partial charge in [-0.05, 0) is 17.5 Å². The fraction of sp³-hybridized carbons (Fsp3) is 0. The Labute approximate surface area is 89.4 Å². The van der Waals surface area contributed by atoms with Gasteiger partial charge in [0.15, 0.2) is 0 Å². The molecule has 0 atom stereocenters. The van der Waals surface area contributed by atoms with E-state index in [0.717, 1.165) is 11.3 Å². The third kappa shape index (κ3) is 2.10. The summed E-state index contributed by atoms with van der Waals surface area (Å²) >= 11 is 1.16. The molecule has 0 radical (unpaired) electrons. The monoisotopic (exact) mass is 221 g/mol. The van der Waals surface area contributed by atoms with Gasteiger partial charge in [-0.1, -0.05) is 0 Å². The smallest absolute Gasteiger partial charge is 0.348 e. The molecule has 2 heterocycles. The lowest BCUT2D eigenvalue weighted by molar-refractivity contribution is 0.0703. The molecular formula is C9H7N3O2S. The molecule has 76 valence electrons. The molecule has 0 bridgehead atoms. The average molecular weight is 221 g/mol. The predicted octanol–water partition coefficient (Wildman–Crippen LogP) is 1.98. The van der Waals surface area contributed by atoms with Gasteiger partial charge in [-0.2, -0.15) is 0 Å². The first-order chi connectivity index (χ1) is 7.27. The summed E-state index contributed by atoms with van der Waals surface area (Å²) in [5.41, 5.74) is 0.513. The molecule has 0 fully saturated rings. The fourth-order valence-electron chi connectivity index (χ4n) is 1.06. The Balaban J connectivity index is 2.25. The minimum absolute atomic E-state index is 0.252. The maximum atomic E-state index is 10.8. The van der Waals surface area contributed by atoms with Crippen LogP contribution < -0.4 is 5.32 Å². The maximum Gasteiger partial charge on any atom is 0.348 e. The van der Waals surface area contributed by atoms with Gasteiger partial charge in [0.1, 0.15) is 4.88 Å². The highest BCUT2D eigenvalue weighted by Gasteiger charge is 2.11. The standard InChI is InChI=1S/C9H7N3O2S/c13-8(14)7-6(2-5-15-7)12-9-10-3-1-4-11-9/h1-5H,(H,13,14)(H,10,11,12). The second-order valence-corrected chi connectivity index (χ2v) is 3.58. The van der Waals surface area contributed by atoms with Crippen molar-refractivity contribution in [3.8, 4) is 0 Å². The zero-order chi connectivity index (χ0) is 10.7. The van der Waals surface area contributed by atoms with Gasteiger partial charge in [-0.25, -0.2) is 14.8 Å². The maximum absolute atomic E-state index is 10.8. The second kappa shape index (κ2) is 4.05. The first-order valence-corrected chi connectivity index (χ1v) is 5.00. The largest absolute Gasteiger partial charge is 0.477 e. The number of carboxylic acid groups (broad SMARTS) is 1. The molecule has 0 unspecified atom stereocenters. The van der Waals surface area contributed by atoms with Gasteiger partial charge in [0.2, 0.25) is 5.95 Å². The summed E-state index contributed by atoms with van der Waals surface area (Å²) in [6, 6.07) is 3.38. The quantitative estimate of drug-likeness (QED) is 0.828. The number of hydrogen-bond donors (Lipinski definition) is 2. The SMILES string of the molecule is O=C(O)c1sccc1Nc1ncccn1. The summed E-state index contributed by atoms with van der Waals surface area (Å²) in [5, 5.41) is 13.4. The molecule has 15 heavy (non-hydrogen) atoms. The van der Waals surface area contributed by atoms with Gasteiger partial charge >= 0.3 is 5.97 Å². The Morgan fingerprint density at radius 1 is 1.40 bits per heavy atom. The van der Waals surface area contributed by atoms with E-state index in [9.17, 15) is 4.79 Å². The first-order valence-electron chi connectivity index (χ1n) is 4.12. The van der Waals surface area contributed by atoms with Crippen molar-refractivity contribution in [2.45, 2.75) is 0 Å². The summed E-state index contributed by atoms with van der Waals surface area (Å²) < 4.78 is 0. The minimum Gasteiger partial charge on any atom is -0.477 e. The zero-order valence-corrected chi connectivity index (χ0v) is 8.36. The number of hydrogen-bond acceptors (Lipinski definition) is 5. The second-order valence-electron chi connectivity index (χ2n) is 2.67. The number of thiophene rings is 1. The van der Waals surface area contributed by atoms with Crippen molar-refractivity contribution in [1.29, 1.82) is 0 Å². The lowest BCUT2D eigenvalue weighted by Gasteiger charge is -2.02. The number of anilines is 2. The van der Waals surface area contributed by atoms with Crippen LogP contribution in [0, 0.1) is 0 Å². The molecule has 0 amide bonds. The van der Waals surface area contributed by atoms with Gasteiger partial charge in [0.25, 0.3) is 0 Å². The van der Waals surface area contributed by atoms with E-state index in [1.54, 1.807) is 29.9 Å². The van der Waals surface area contributed by atoms with E-state index in [1.165, 1.54) is 0 Å². The van der Waals surface area contributed by atoms with E-state index >= 15 is 0 Å². The molecule has 0 saturated heterocycles. The van der Waals surface area contributed by atoms with Gasteiger partial charge in [-0.3, -0.25) is 0 Å². The summed E-state index contributed by atoms with van der Waals surface area (Å²) in [5.74, 6) is -0.568. The van der Waals surface area contributed by atoms with Crippen molar-refractivity contribution in [2.75, 3.05) is 5.32 Å². The number of carbonyl (C=O) groups is 1. The lowest BCUT2D eigenvalue weighted by Crippen LogP contribution is -2.00. The van der Waals surface area contributed by atoms with Crippen LogP contribution in [0.2, 0.25) is 0 Å². The van der Waals surface area contributed by atoms with Crippen LogP contribution in [-0.2, 0) is 0 Å². The normalized spacial score (nSPS) is 9.87. The Bertz CT molecular complexity index is 469. The average Bonchev–Trinajstić information content (AvgIpc) is 2.67. The molecule has 2 rings (SSSR count). The number of aromatic carboxylic acids is 1. The van der Waals surface area contributed by atoms with Crippen LogP contribution in [0.3, 0.4) is 0 Å². The highest BCUT2D eigenvalue weighted by atomic mass is 32.1. The van der Waals surface area contributed by atoms with Gasteiger partial charge in [0, 0.05) is 12.4 Å². The Morgan fingerprint density at radius 3 is 2.80 bits per heavy atom. The molecule has 2 N–H and O–H groups in total. The minimum atomic E-state index is -0.955. The van der Waals surface area contributed by atoms with E-state index in [0.29, 0.717) is 11.6 Å². The molecule has 2 aromatic rings. The van der Waals surface area contributed by atoms with Crippen molar-refractivity contribution in [2.24, 2.45) is 0 Å². The van der Waals surface area contributed by atoms with Crippen molar-refractivity contribution >= 4 is 28.9 Å². The third-order valence-electron chi connectivity index (χ3n) is 1.67. The van der Waals surface area contributed by atoms with E-state index < -0.39 is 5.97 Å². The van der Waals surface area contributed by atoms with Crippen LogP contribution in [0.25, 0.3) is 0 Å². The molecular weight excluding hydrogens is 214 g/mol. The van der Waals surface area contributed by atoms with E-state index in [4.69, 9.17) is 5.11 Å². The van der Waals surface area contributed by atoms with Crippen molar-refractivity contribution < 1.29 is 9.90 Å². The van der Waals surface area contributed by atoms with E-state index in [2.05, 4.69) is 15.3 Å². The zero-order valence-electron chi connectivity index (χ0n) is 7.54. The molecule has 5 nitrogen and oxygen atoms in total. The number of carboxylic acids is 1. The summed E-state index contributed by atoms with van der Waals surface area (Å²) in [4.78, 5) is 18.9. The topological polar surface area (TPSA) is 75.1 Å². The number of nitrogens with one attached hydrogen (secondary N) is 1. The van der Waals surface area contributed by atoms with Crippen molar-refractivity contribution in [3.05, 3.63) is 34.8 Å². The number of nitrogens with zero attached hydrogens (tertiary/aromatic N) is 2. The van der Waals surface area contributed by atoms with Gasteiger partial charge in [-0.15, -0.1) is 11.3 Å². The van der Waals surface area contributed by atoms with Gasteiger partial charge < -0.3 is 10.4 Å². The molecule has 0 saturated carbocycles. The highest BCUT2D eigenvalue weighted by molar-refractivity contribution is 7.12. The van der Waals surface area contributed by atoms with Crippen LogP contribution in [0.4, 0.5) is 11.6 Å². The van der Waals surface area contributed by atoms with Crippen molar-refractivity contribution in [1.82, 2.24) is 9.97 Å². The van der Waals surface area contributed by atoms with Crippen LogP contribution >= 0.6 is 11.3 Å². The lowest BCUT2D eigenvalue weighted by atomic mass is 10.4. The molecule has 0 aliphatic heterocycles. The Morgan fingerprint density at radius 2 is 2.13 bits per heavy atom. The molecule has 0 spiro atoms. The fourth-order valence-corrected chi connectivity index (χ4v) is 1.74. The van der Waals surface area contributed by atoms with Crippen LogP contribution in [-0.4, -0.2) is 21.0 Å². The molecule has 0 aromatic carbocycles. The van der Waals surface area contributed by atoms with Crippen LogP contribution in [0.15, 0.2) is 29.9 Å². The number of aromatic nitrogens is 2. The number of rotatable bonds is 3. The molecule has 2 aromatic heterocycles.